The molecule has 0 spiro atoms. The van der Waals surface area contributed by atoms with Crippen LogP contribution >= 0.6 is 0 Å². The SMILES string of the molecule is CC(C)(C)c1ccc(OCC(=O)Nc2ccccc2C(=O)Nc2ccc(Nc3ccccc3)cc2)c(C(C)(C)C)c1. The third kappa shape index (κ3) is 7.98. The molecule has 0 bridgehead atoms. The minimum Gasteiger partial charge on any atom is -0.483 e. The molecule has 0 fully saturated rings. The molecular weight excluding hydrogens is 510 g/mol. The zero-order valence-electron chi connectivity index (χ0n) is 24.7. The summed E-state index contributed by atoms with van der Waals surface area (Å²) in [4.78, 5) is 26.0. The monoisotopic (exact) mass is 549 g/mol. The van der Waals surface area contributed by atoms with Crippen molar-refractivity contribution >= 4 is 34.6 Å². The molecule has 0 aliphatic rings. The standard InChI is InChI=1S/C35H39N3O3/c1-34(2,3)24-16-21-31(29(22-24)35(4,5)6)41-23-32(39)38-30-15-11-10-14-28(30)33(40)37-27-19-17-26(18-20-27)36-25-12-8-7-9-13-25/h7-22,36H,23H2,1-6H3,(H,37,40)(H,38,39). The van der Waals surface area contributed by atoms with Crippen molar-refractivity contribution in [3.05, 3.63) is 114 Å². The van der Waals surface area contributed by atoms with Crippen molar-refractivity contribution in [2.45, 2.75) is 52.4 Å². The highest BCUT2D eigenvalue weighted by atomic mass is 16.5. The summed E-state index contributed by atoms with van der Waals surface area (Å²) in [6.45, 7) is 12.7. The van der Waals surface area contributed by atoms with Gasteiger partial charge in [0.25, 0.3) is 11.8 Å². The maximum absolute atomic E-state index is 13.1. The zero-order chi connectivity index (χ0) is 29.6. The molecule has 0 saturated carbocycles. The smallest absolute Gasteiger partial charge is 0.262 e. The number of benzene rings is 4. The first-order valence-electron chi connectivity index (χ1n) is 13.8. The molecule has 212 valence electrons. The number of amides is 2. The summed E-state index contributed by atoms with van der Waals surface area (Å²) in [5, 5.41) is 9.08. The van der Waals surface area contributed by atoms with Crippen LogP contribution < -0.4 is 20.7 Å². The highest BCUT2D eigenvalue weighted by molar-refractivity contribution is 6.10. The van der Waals surface area contributed by atoms with Crippen LogP contribution in [-0.2, 0) is 15.6 Å². The predicted molar refractivity (Wildman–Crippen MR) is 169 cm³/mol. The molecule has 6 nitrogen and oxygen atoms in total. The lowest BCUT2D eigenvalue weighted by Crippen LogP contribution is -2.24. The van der Waals surface area contributed by atoms with Crippen LogP contribution in [0.5, 0.6) is 5.75 Å². The summed E-state index contributed by atoms with van der Waals surface area (Å²) in [6.07, 6.45) is 0. The molecule has 0 saturated heterocycles. The largest absolute Gasteiger partial charge is 0.483 e. The van der Waals surface area contributed by atoms with E-state index in [1.165, 1.54) is 5.56 Å². The van der Waals surface area contributed by atoms with E-state index in [0.717, 1.165) is 16.9 Å². The Morgan fingerprint density at radius 3 is 1.93 bits per heavy atom. The fourth-order valence-electron chi connectivity index (χ4n) is 4.35. The van der Waals surface area contributed by atoms with Crippen LogP contribution in [0.15, 0.2) is 97.1 Å². The van der Waals surface area contributed by atoms with Crippen molar-refractivity contribution in [1.82, 2.24) is 0 Å². The van der Waals surface area contributed by atoms with Gasteiger partial charge in [-0.2, -0.15) is 0 Å². The van der Waals surface area contributed by atoms with Crippen LogP contribution in [0.3, 0.4) is 0 Å². The Hall–Kier alpha value is -4.58. The topological polar surface area (TPSA) is 79.5 Å². The molecular formula is C35H39N3O3. The average molecular weight is 550 g/mol. The van der Waals surface area contributed by atoms with E-state index in [2.05, 4.69) is 63.6 Å². The number of carbonyl (C=O) groups excluding carboxylic acids is 2. The van der Waals surface area contributed by atoms with Crippen LogP contribution in [0.4, 0.5) is 22.7 Å². The van der Waals surface area contributed by atoms with Crippen molar-refractivity contribution in [3.8, 4) is 5.75 Å². The van der Waals surface area contributed by atoms with Gasteiger partial charge in [-0.15, -0.1) is 0 Å². The quantitative estimate of drug-likeness (QED) is 0.207. The highest BCUT2D eigenvalue weighted by Crippen LogP contribution is 2.35. The van der Waals surface area contributed by atoms with E-state index in [9.17, 15) is 9.59 Å². The minimum absolute atomic E-state index is 0.00127. The van der Waals surface area contributed by atoms with Crippen LogP contribution in [0.2, 0.25) is 0 Å². The zero-order valence-corrected chi connectivity index (χ0v) is 24.7. The fraction of sp³-hybridized carbons (Fsp3) is 0.257. The molecule has 4 aromatic rings. The summed E-state index contributed by atoms with van der Waals surface area (Å²) in [6, 6.07) is 30.4. The predicted octanol–water partition coefficient (Wildman–Crippen LogP) is 8.30. The van der Waals surface area contributed by atoms with Crippen molar-refractivity contribution in [2.24, 2.45) is 0 Å². The van der Waals surface area contributed by atoms with Crippen molar-refractivity contribution in [1.29, 1.82) is 0 Å². The van der Waals surface area contributed by atoms with Gasteiger partial charge in [0.1, 0.15) is 5.75 Å². The van der Waals surface area contributed by atoms with Crippen molar-refractivity contribution in [2.75, 3.05) is 22.6 Å². The number of nitrogens with one attached hydrogen (secondary N) is 3. The number of hydrogen-bond donors (Lipinski definition) is 3. The van der Waals surface area contributed by atoms with Gasteiger partial charge in [-0.25, -0.2) is 0 Å². The fourth-order valence-corrected chi connectivity index (χ4v) is 4.35. The Morgan fingerprint density at radius 2 is 1.27 bits per heavy atom. The first-order valence-corrected chi connectivity index (χ1v) is 13.8. The number of hydrogen-bond acceptors (Lipinski definition) is 4. The Balaban J connectivity index is 1.40. The molecule has 2 amide bonds. The maximum atomic E-state index is 13.1. The molecule has 4 rings (SSSR count). The van der Waals surface area contributed by atoms with E-state index < -0.39 is 0 Å². The molecule has 41 heavy (non-hydrogen) atoms. The Morgan fingerprint density at radius 1 is 0.659 bits per heavy atom. The van der Waals surface area contributed by atoms with Gasteiger partial charge in [-0.1, -0.05) is 84.0 Å². The lowest BCUT2D eigenvalue weighted by Gasteiger charge is -2.27. The summed E-state index contributed by atoms with van der Waals surface area (Å²) in [5.74, 6) is 0.0107. The Labute approximate surface area is 243 Å². The van der Waals surface area contributed by atoms with E-state index in [1.807, 2.05) is 66.7 Å². The molecule has 0 aliphatic carbocycles. The lowest BCUT2D eigenvalue weighted by atomic mass is 9.80. The minimum atomic E-state index is -0.346. The number of para-hydroxylation sites is 2. The van der Waals surface area contributed by atoms with Crippen molar-refractivity contribution < 1.29 is 14.3 Å². The third-order valence-corrected chi connectivity index (χ3v) is 6.66. The van der Waals surface area contributed by atoms with Gasteiger partial charge in [0.2, 0.25) is 0 Å². The average Bonchev–Trinajstić information content (AvgIpc) is 2.92. The molecule has 0 unspecified atom stereocenters. The van der Waals surface area contributed by atoms with E-state index in [1.54, 1.807) is 24.3 Å². The second kappa shape index (κ2) is 12.3. The highest BCUT2D eigenvalue weighted by Gasteiger charge is 2.23. The van der Waals surface area contributed by atoms with E-state index >= 15 is 0 Å². The number of ether oxygens (including phenoxy) is 1. The maximum Gasteiger partial charge on any atom is 0.262 e. The van der Waals surface area contributed by atoms with Crippen LogP contribution in [0, 0.1) is 0 Å². The van der Waals surface area contributed by atoms with E-state index in [-0.39, 0.29) is 29.3 Å². The van der Waals surface area contributed by atoms with Gasteiger partial charge in [0.15, 0.2) is 6.61 Å². The molecule has 0 heterocycles. The van der Waals surface area contributed by atoms with Gasteiger partial charge in [-0.3, -0.25) is 9.59 Å². The van der Waals surface area contributed by atoms with Gasteiger partial charge in [-0.05, 0) is 76.6 Å². The summed E-state index contributed by atoms with van der Waals surface area (Å²) < 4.78 is 6.00. The van der Waals surface area contributed by atoms with E-state index in [4.69, 9.17) is 4.74 Å². The molecule has 4 aromatic carbocycles. The molecule has 0 aromatic heterocycles. The van der Waals surface area contributed by atoms with Gasteiger partial charge in [0, 0.05) is 17.1 Å². The lowest BCUT2D eigenvalue weighted by molar-refractivity contribution is -0.118. The number of carbonyl (C=O) groups is 2. The van der Waals surface area contributed by atoms with Gasteiger partial charge >= 0.3 is 0 Å². The Kier molecular flexibility index (Phi) is 8.82. The first-order chi connectivity index (χ1) is 19.4. The molecule has 0 aliphatic heterocycles. The Bertz CT molecular complexity index is 1500. The first kappa shape index (κ1) is 29.4. The summed E-state index contributed by atoms with van der Waals surface area (Å²) in [5.41, 5.74) is 5.40. The summed E-state index contributed by atoms with van der Waals surface area (Å²) in [7, 11) is 0. The molecule has 0 atom stereocenters. The number of rotatable bonds is 8. The van der Waals surface area contributed by atoms with Gasteiger partial charge < -0.3 is 20.7 Å². The van der Waals surface area contributed by atoms with E-state index in [0.29, 0.717) is 22.7 Å². The van der Waals surface area contributed by atoms with Crippen LogP contribution in [0.25, 0.3) is 0 Å². The van der Waals surface area contributed by atoms with Crippen LogP contribution in [0.1, 0.15) is 63.0 Å². The molecule has 3 N–H and O–H groups in total. The third-order valence-electron chi connectivity index (χ3n) is 6.66. The molecule has 0 radical (unpaired) electrons. The summed E-state index contributed by atoms with van der Waals surface area (Å²) >= 11 is 0. The normalized spacial score (nSPS) is 11.5. The van der Waals surface area contributed by atoms with Gasteiger partial charge in [0.05, 0.1) is 11.3 Å². The number of anilines is 4. The second-order valence-corrected chi connectivity index (χ2v) is 12.1. The molecule has 6 heteroatoms. The van der Waals surface area contributed by atoms with Crippen LogP contribution in [-0.4, -0.2) is 18.4 Å². The van der Waals surface area contributed by atoms with Crippen molar-refractivity contribution in [3.63, 3.8) is 0 Å². The second-order valence-electron chi connectivity index (χ2n) is 12.1.